The molecular formula is C16H16N5O5-. The Hall–Kier alpha value is -3.27. The number of aromatic carboxylic acids is 1. The van der Waals surface area contributed by atoms with E-state index in [0.29, 0.717) is 0 Å². The second-order valence-corrected chi connectivity index (χ2v) is 5.92. The minimum atomic E-state index is -1.38. The third-order valence-corrected chi connectivity index (χ3v) is 4.16. The summed E-state index contributed by atoms with van der Waals surface area (Å²) >= 11 is 0. The fourth-order valence-electron chi connectivity index (χ4n) is 2.84. The standard InChI is InChI=1S/C16H17N5O5/c1-19-13-12(14(23)20(2)16(19)26)21(8-18-13)7-9(22)6-11-10(15(24)25)4-3-5-17-11/h3-5,8-9,22H,6-7H2,1-2H3,(H,24,25)/p-1. The molecular weight excluding hydrogens is 342 g/mol. The van der Waals surface area contributed by atoms with Crippen LogP contribution in [0, 0.1) is 0 Å². The van der Waals surface area contributed by atoms with Gasteiger partial charge in [-0.05, 0) is 12.1 Å². The second-order valence-electron chi connectivity index (χ2n) is 5.92. The van der Waals surface area contributed by atoms with E-state index in [1.807, 2.05) is 0 Å². The molecule has 1 N–H and O–H groups in total. The second kappa shape index (κ2) is 6.56. The highest BCUT2D eigenvalue weighted by Gasteiger charge is 2.17. The summed E-state index contributed by atoms with van der Waals surface area (Å²) in [5, 5.41) is 21.5. The van der Waals surface area contributed by atoms with E-state index in [2.05, 4.69) is 9.97 Å². The van der Waals surface area contributed by atoms with Gasteiger partial charge in [0.25, 0.3) is 5.56 Å². The molecule has 0 fully saturated rings. The molecule has 1 atom stereocenters. The average molecular weight is 358 g/mol. The summed E-state index contributed by atoms with van der Waals surface area (Å²) in [6.07, 6.45) is 1.71. The topological polar surface area (TPSA) is 135 Å². The molecule has 1 unspecified atom stereocenters. The first-order valence-electron chi connectivity index (χ1n) is 7.75. The van der Waals surface area contributed by atoms with Crippen molar-refractivity contribution in [2.24, 2.45) is 14.1 Å². The lowest BCUT2D eigenvalue weighted by Gasteiger charge is -2.14. The van der Waals surface area contributed by atoms with E-state index in [-0.39, 0.29) is 35.4 Å². The van der Waals surface area contributed by atoms with Crippen molar-refractivity contribution in [3.63, 3.8) is 0 Å². The Morgan fingerprint density at radius 2 is 2.00 bits per heavy atom. The zero-order valence-corrected chi connectivity index (χ0v) is 14.1. The Morgan fingerprint density at radius 1 is 1.27 bits per heavy atom. The molecule has 0 spiro atoms. The van der Waals surface area contributed by atoms with E-state index in [0.717, 1.165) is 4.57 Å². The number of aryl methyl sites for hydroxylation is 1. The number of pyridine rings is 1. The van der Waals surface area contributed by atoms with E-state index in [4.69, 9.17) is 0 Å². The van der Waals surface area contributed by atoms with Gasteiger partial charge in [0.2, 0.25) is 0 Å². The number of carbonyl (C=O) groups is 1. The molecule has 3 aromatic rings. The van der Waals surface area contributed by atoms with Crippen molar-refractivity contribution in [1.29, 1.82) is 0 Å². The van der Waals surface area contributed by atoms with Gasteiger partial charge < -0.3 is 19.6 Å². The highest BCUT2D eigenvalue weighted by atomic mass is 16.4. The van der Waals surface area contributed by atoms with Crippen LogP contribution in [0.1, 0.15) is 16.1 Å². The Morgan fingerprint density at radius 3 is 2.69 bits per heavy atom. The van der Waals surface area contributed by atoms with Crippen molar-refractivity contribution in [1.82, 2.24) is 23.7 Å². The smallest absolute Gasteiger partial charge is 0.332 e. The normalized spacial score (nSPS) is 12.4. The van der Waals surface area contributed by atoms with E-state index in [9.17, 15) is 24.6 Å². The van der Waals surface area contributed by atoms with Gasteiger partial charge in [0.15, 0.2) is 11.2 Å². The number of aromatic nitrogens is 5. The monoisotopic (exact) mass is 358 g/mol. The van der Waals surface area contributed by atoms with Crippen molar-refractivity contribution in [2.75, 3.05) is 0 Å². The predicted octanol–water partition coefficient (Wildman–Crippen LogP) is -2.20. The van der Waals surface area contributed by atoms with Gasteiger partial charge >= 0.3 is 5.69 Å². The van der Waals surface area contributed by atoms with Crippen LogP contribution in [-0.4, -0.2) is 40.8 Å². The molecule has 3 aromatic heterocycles. The summed E-state index contributed by atoms with van der Waals surface area (Å²) in [6, 6.07) is 2.82. The van der Waals surface area contributed by atoms with Gasteiger partial charge in [0.05, 0.1) is 30.6 Å². The van der Waals surface area contributed by atoms with Crippen LogP contribution in [0.15, 0.2) is 34.2 Å². The molecule has 0 saturated heterocycles. The molecule has 0 saturated carbocycles. The summed E-state index contributed by atoms with van der Waals surface area (Å²) in [5.74, 6) is -1.38. The molecule has 0 amide bonds. The highest BCUT2D eigenvalue weighted by molar-refractivity contribution is 5.86. The maximum Gasteiger partial charge on any atom is 0.332 e. The number of aliphatic hydroxyl groups excluding tert-OH is 1. The zero-order valence-electron chi connectivity index (χ0n) is 14.1. The number of fused-ring (bicyclic) bond motifs is 1. The van der Waals surface area contributed by atoms with E-state index in [1.54, 1.807) is 0 Å². The number of hydrogen-bond acceptors (Lipinski definition) is 7. The van der Waals surface area contributed by atoms with Gasteiger partial charge in [0, 0.05) is 32.3 Å². The number of nitrogens with zero attached hydrogens (tertiary/aromatic N) is 5. The molecule has 0 aliphatic heterocycles. The van der Waals surface area contributed by atoms with Crippen molar-refractivity contribution < 1.29 is 15.0 Å². The summed E-state index contributed by atoms with van der Waals surface area (Å²) < 4.78 is 3.63. The number of carbonyl (C=O) groups excluding carboxylic acids is 1. The number of imidazole rings is 1. The number of rotatable bonds is 5. The number of carboxylic acid groups (broad SMARTS) is 1. The largest absolute Gasteiger partial charge is 0.545 e. The van der Waals surface area contributed by atoms with E-state index in [1.165, 1.54) is 47.9 Å². The van der Waals surface area contributed by atoms with Crippen molar-refractivity contribution in [3.05, 3.63) is 56.8 Å². The van der Waals surface area contributed by atoms with Gasteiger partial charge in [-0.25, -0.2) is 9.78 Å². The molecule has 0 radical (unpaired) electrons. The number of aliphatic hydroxyl groups is 1. The maximum absolute atomic E-state index is 12.4. The quantitative estimate of drug-likeness (QED) is 0.546. The van der Waals surface area contributed by atoms with E-state index >= 15 is 0 Å². The molecule has 26 heavy (non-hydrogen) atoms. The van der Waals surface area contributed by atoms with Crippen LogP contribution >= 0.6 is 0 Å². The van der Waals surface area contributed by atoms with Crippen LogP contribution in [0.5, 0.6) is 0 Å². The molecule has 3 rings (SSSR count). The number of carboxylic acids is 1. The van der Waals surface area contributed by atoms with Crippen LogP contribution < -0.4 is 16.4 Å². The zero-order chi connectivity index (χ0) is 19.0. The lowest BCUT2D eigenvalue weighted by Crippen LogP contribution is -2.38. The Bertz CT molecular complexity index is 1110. The SMILES string of the molecule is Cn1c(=O)c2c(ncn2CC(O)Cc2ncccc2C(=O)[O-])n(C)c1=O. The molecule has 0 bridgehead atoms. The number of hydrogen-bond donors (Lipinski definition) is 1. The highest BCUT2D eigenvalue weighted by Crippen LogP contribution is 2.11. The molecule has 3 heterocycles. The molecule has 136 valence electrons. The van der Waals surface area contributed by atoms with Crippen LogP contribution in [0.3, 0.4) is 0 Å². The molecule has 0 aliphatic carbocycles. The fourth-order valence-corrected chi connectivity index (χ4v) is 2.84. The van der Waals surface area contributed by atoms with Gasteiger partial charge in [-0.3, -0.25) is 18.9 Å². The summed E-state index contributed by atoms with van der Waals surface area (Å²) in [4.78, 5) is 43.5. The first-order chi connectivity index (χ1) is 12.3. The lowest BCUT2D eigenvalue weighted by molar-refractivity contribution is -0.255. The van der Waals surface area contributed by atoms with Gasteiger partial charge in [-0.15, -0.1) is 0 Å². The first kappa shape index (κ1) is 17.5. The Kier molecular flexibility index (Phi) is 4.43. The molecule has 10 nitrogen and oxygen atoms in total. The Balaban J connectivity index is 1.94. The van der Waals surface area contributed by atoms with Crippen LogP contribution in [-0.2, 0) is 27.1 Å². The third kappa shape index (κ3) is 2.90. The van der Waals surface area contributed by atoms with Gasteiger partial charge in [0.1, 0.15) is 0 Å². The molecule has 0 aliphatic rings. The van der Waals surface area contributed by atoms with Crippen molar-refractivity contribution >= 4 is 17.1 Å². The lowest BCUT2D eigenvalue weighted by atomic mass is 10.1. The van der Waals surface area contributed by atoms with Gasteiger partial charge in [-0.1, -0.05) is 0 Å². The molecule has 10 heteroatoms. The van der Waals surface area contributed by atoms with Crippen LogP contribution in [0.4, 0.5) is 0 Å². The molecule has 0 aromatic carbocycles. The average Bonchev–Trinajstić information content (AvgIpc) is 3.02. The summed E-state index contributed by atoms with van der Waals surface area (Å²) in [5.41, 5.74) is -0.556. The van der Waals surface area contributed by atoms with E-state index < -0.39 is 23.3 Å². The summed E-state index contributed by atoms with van der Waals surface area (Å²) in [6.45, 7) is -0.0208. The predicted molar refractivity (Wildman–Crippen MR) is 88.5 cm³/mol. The first-order valence-corrected chi connectivity index (χ1v) is 7.75. The minimum Gasteiger partial charge on any atom is -0.545 e. The van der Waals surface area contributed by atoms with Crippen molar-refractivity contribution in [2.45, 2.75) is 19.1 Å². The minimum absolute atomic E-state index is 0.0208. The third-order valence-electron chi connectivity index (χ3n) is 4.16. The van der Waals surface area contributed by atoms with Gasteiger partial charge in [-0.2, -0.15) is 0 Å². The van der Waals surface area contributed by atoms with Crippen LogP contribution in [0.25, 0.3) is 11.2 Å². The summed E-state index contributed by atoms with van der Waals surface area (Å²) in [7, 11) is 2.86. The fraction of sp³-hybridized carbons (Fsp3) is 0.312. The van der Waals surface area contributed by atoms with Crippen molar-refractivity contribution in [3.8, 4) is 0 Å². The van der Waals surface area contributed by atoms with Crippen LogP contribution in [0.2, 0.25) is 0 Å². The maximum atomic E-state index is 12.4. The Labute approximate surface area is 146 Å².